The van der Waals surface area contributed by atoms with E-state index in [1.165, 1.54) is 4.31 Å². The van der Waals surface area contributed by atoms with Crippen LogP contribution in [0.1, 0.15) is 31.2 Å². The molecule has 0 saturated carbocycles. The first kappa shape index (κ1) is 20.5. The van der Waals surface area contributed by atoms with Crippen molar-refractivity contribution in [1.82, 2.24) is 19.0 Å². The number of para-hydroxylation sites is 2. The maximum atomic E-state index is 13.0. The second-order valence-corrected chi connectivity index (χ2v) is 9.36. The third-order valence-corrected chi connectivity index (χ3v) is 7.74. The maximum Gasteiger partial charge on any atom is 0.248 e. The molecule has 4 rings (SSSR count). The highest BCUT2D eigenvalue weighted by Crippen LogP contribution is 2.28. The van der Waals surface area contributed by atoms with Crippen LogP contribution in [0.3, 0.4) is 0 Å². The topological polar surface area (TPSA) is 110 Å². The van der Waals surface area contributed by atoms with Crippen LogP contribution in [-0.2, 0) is 21.4 Å². The highest BCUT2D eigenvalue weighted by Gasteiger charge is 2.35. The molecular formula is C20H25N5O4S. The lowest BCUT2D eigenvalue weighted by Crippen LogP contribution is -2.41. The Bertz CT molecular complexity index is 1170. The fourth-order valence-electron chi connectivity index (χ4n) is 4.03. The summed E-state index contributed by atoms with van der Waals surface area (Å²) in [5.41, 5.74) is 2.15. The van der Waals surface area contributed by atoms with Crippen LogP contribution in [0.5, 0.6) is 0 Å². The quantitative estimate of drug-likeness (QED) is 0.665. The van der Waals surface area contributed by atoms with Crippen molar-refractivity contribution in [3.05, 3.63) is 35.7 Å². The van der Waals surface area contributed by atoms with Crippen LogP contribution < -0.4 is 5.32 Å². The molecular weight excluding hydrogens is 406 g/mol. The zero-order chi connectivity index (χ0) is 21.5. The van der Waals surface area contributed by atoms with Gasteiger partial charge in [-0.1, -0.05) is 17.3 Å². The number of nitrogens with one attached hydrogen (secondary N) is 1. The number of hydrogen-bond donors (Lipinski definition) is 1. The van der Waals surface area contributed by atoms with Crippen LogP contribution in [0.4, 0.5) is 5.95 Å². The number of benzene rings is 1. The van der Waals surface area contributed by atoms with Crippen molar-refractivity contribution in [3.8, 4) is 0 Å². The van der Waals surface area contributed by atoms with Gasteiger partial charge in [-0.25, -0.2) is 13.4 Å². The van der Waals surface area contributed by atoms with Crippen LogP contribution in [0.2, 0.25) is 0 Å². The lowest BCUT2D eigenvalue weighted by molar-refractivity contribution is -0.121. The van der Waals surface area contributed by atoms with E-state index in [9.17, 15) is 13.2 Å². The molecule has 0 bridgehead atoms. The molecule has 30 heavy (non-hydrogen) atoms. The van der Waals surface area contributed by atoms with E-state index in [2.05, 4.69) is 15.5 Å². The molecule has 0 atom stereocenters. The molecule has 3 aromatic rings. The smallest absolute Gasteiger partial charge is 0.248 e. The minimum absolute atomic E-state index is 0.127. The fourth-order valence-corrected chi connectivity index (χ4v) is 5.79. The highest BCUT2D eigenvalue weighted by molar-refractivity contribution is 7.89. The molecule has 1 amide bonds. The SMILES string of the molecule is CCn1c(NC(=O)C2CCN(S(=O)(=O)c3c(C)noc3C)CC2)nc2ccccc21. The number of sulfonamides is 1. The average Bonchev–Trinajstić information content (AvgIpc) is 3.26. The van der Waals surface area contributed by atoms with E-state index in [-0.39, 0.29) is 35.6 Å². The van der Waals surface area contributed by atoms with Crippen molar-refractivity contribution in [3.63, 3.8) is 0 Å². The highest BCUT2D eigenvalue weighted by atomic mass is 32.2. The number of rotatable bonds is 5. The van der Waals surface area contributed by atoms with Crippen molar-refractivity contribution in [1.29, 1.82) is 0 Å². The zero-order valence-corrected chi connectivity index (χ0v) is 18.1. The molecule has 160 valence electrons. The Morgan fingerprint density at radius 2 is 1.93 bits per heavy atom. The normalized spacial score (nSPS) is 16.2. The summed E-state index contributed by atoms with van der Waals surface area (Å²) in [5, 5.41) is 6.69. The van der Waals surface area contributed by atoms with E-state index < -0.39 is 10.0 Å². The molecule has 1 aliphatic rings. The molecule has 9 nitrogen and oxygen atoms in total. The van der Waals surface area contributed by atoms with Gasteiger partial charge in [0.05, 0.1) is 11.0 Å². The summed E-state index contributed by atoms with van der Waals surface area (Å²) in [5.74, 6) is 0.404. The molecule has 1 aliphatic heterocycles. The molecule has 0 radical (unpaired) electrons. The van der Waals surface area contributed by atoms with E-state index in [1.807, 2.05) is 35.8 Å². The number of aryl methyl sites for hydroxylation is 3. The molecule has 0 aliphatic carbocycles. The van der Waals surface area contributed by atoms with Gasteiger partial charge in [0.15, 0.2) is 5.76 Å². The van der Waals surface area contributed by atoms with Crippen molar-refractivity contribution in [2.75, 3.05) is 18.4 Å². The number of piperidine rings is 1. The number of amides is 1. The van der Waals surface area contributed by atoms with E-state index in [0.717, 1.165) is 11.0 Å². The van der Waals surface area contributed by atoms with E-state index in [4.69, 9.17) is 4.52 Å². The maximum absolute atomic E-state index is 13.0. The van der Waals surface area contributed by atoms with Gasteiger partial charge in [-0.3, -0.25) is 10.1 Å². The Labute approximate surface area is 175 Å². The van der Waals surface area contributed by atoms with Gasteiger partial charge in [0.1, 0.15) is 10.6 Å². The minimum atomic E-state index is -3.69. The Balaban J connectivity index is 1.45. The number of carbonyl (C=O) groups is 1. The minimum Gasteiger partial charge on any atom is -0.360 e. The third kappa shape index (κ3) is 3.50. The molecule has 1 fully saturated rings. The molecule has 10 heteroatoms. The first-order valence-electron chi connectivity index (χ1n) is 10.0. The predicted molar refractivity (Wildman–Crippen MR) is 111 cm³/mol. The fraction of sp³-hybridized carbons (Fsp3) is 0.450. The number of anilines is 1. The summed E-state index contributed by atoms with van der Waals surface area (Å²) in [7, 11) is -3.69. The molecule has 1 aromatic carbocycles. The predicted octanol–water partition coefficient (Wildman–Crippen LogP) is 2.70. The Hall–Kier alpha value is -2.72. The second kappa shape index (κ2) is 7.84. The lowest BCUT2D eigenvalue weighted by Gasteiger charge is -2.30. The number of imidazole rings is 1. The van der Waals surface area contributed by atoms with Crippen molar-refractivity contribution >= 4 is 32.9 Å². The summed E-state index contributed by atoms with van der Waals surface area (Å²) in [4.78, 5) is 17.5. The molecule has 0 unspecified atom stereocenters. The average molecular weight is 432 g/mol. The molecule has 0 spiro atoms. The van der Waals surface area contributed by atoms with Crippen LogP contribution in [-0.4, -0.2) is 46.4 Å². The van der Waals surface area contributed by atoms with Gasteiger partial charge in [-0.05, 0) is 45.7 Å². The van der Waals surface area contributed by atoms with Crippen LogP contribution >= 0.6 is 0 Å². The van der Waals surface area contributed by atoms with Gasteiger partial charge in [-0.15, -0.1) is 0 Å². The summed E-state index contributed by atoms with van der Waals surface area (Å²) in [6, 6.07) is 7.74. The Morgan fingerprint density at radius 3 is 2.57 bits per heavy atom. The molecule has 1 N–H and O–H groups in total. The van der Waals surface area contributed by atoms with Crippen molar-refractivity contribution < 1.29 is 17.7 Å². The zero-order valence-electron chi connectivity index (χ0n) is 17.3. The van der Waals surface area contributed by atoms with Gasteiger partial charge in [0, 0.05) is 25.6 Å². The first-order valence-corrected chi connectivity index (χ1v) is 11.5. The van der Waals surface area contributed by atoms with Crippen molar-refractivity contribution in [2.24, 2.45) is 5.92 Å². The number of nitrogens with zero attached hydrogens (tertiary/aromatic N) is 4. The van der Waals surface area contributed by atoms with E-state index >= 15 is 0 Å². The number of aromatic nitrogens is 3. The first-order chi connectivity index (χ1) is 14.3. The summed E-state index contributed by atoms with van der Waals surface area (Å²) < 4.78 is 34.3. The molecule has 2 aromatic heterocycles. The summed E-state index contributed by atoms with van der Waals surface area (Å²) >= 11 is 0. The van der Waals surface area contributed by atoms with Gasteiger partial charge >= 0.3 is 0 Å². The van der Waals surface area contributed by atoms with Gasteiger partial charge in [-0.2, -0.15) is 4.31 Å². The largest absolute Gasteiger partial charge is 0.360 e. The second-order valence-electron chi connectivity index (χ2n) is 7.49. The van der Waals surface area contributed by atoms with Crippen LogP contribution in [0.25, 0.3) is 11.0 Å². The standard InChI is InChI=1S/C20H25N5O4S/c1-4-25-17-8-6-5-7-16(17)21-20(25)22-19(26)15-9-11-24(12-10-15)30(27,28)18-13(2)23-29-14(18)3/h5-8,15H,4,9-12H2,1-3H3,(H,21,22,26). The summed E-state index contributed by atoms with van der Waals surface area (Å²) in [6.45, 7) is 6.44. The number of fused-ring (bicyclic) bond motifs is 1. The van der Waals surface area contributed by atoms with Crippen molar-refractivity contribution in [2.45, 2.75) is 45.1 Å². The molecule has 1 saturated heterocycles. The van der Waals surface area contributed by atoms with Gasteiger partial charge in [0.2, 0.25) is 21.9 Å². The van der Waals surface area contributed by atoms with Crippen LogP contribution in [0.15, 0.2) is 33.7 Å². The number of carbonyl (C=O) groups excluding carboxylic acids is 1. The lowest BCUT2D eigenvalue weighted by atomic mass is 9.97. The van der Waals surface area contributed by atoms with E-state index in [0.29, 0.717) is 31.0 Å². The number of hydrogen-bond acceptors (Lipinski definition) is 6. The molecule has 3 heterocycles. The van der Waals surface area contributed by atoms with E-state index in [1.54, 1.807) is 13.8 Å². The van der Waals surface area contributed by atoms with Crippen LogP contribution in [0, 0.1) is 19.8 Å². The third-order valence-electron chi connectivity index (χ3n) is 5.60. The summed E-state index contributed by atoms with van der Waals surface area (Å²) in [6.07, 6.45) is 0.890. The van der Waals surface area contributed by atoms with Gasteiger partial charge < -0.3 is 9.09 Å². The monoisotopic (exact) mass is 431 g/mol. The Kier molecular flexibility index (Phi) is 5.37. The van der Waals surface area contributed by atoms with Gasteiger partial charge in [0.25, 0.3) is 0 Å². The Morgan fingerprint density at radius 1 is 1.23 bits per heavy atom.